The second-order valence-corrected chi connectivity index (χ2v) is 9.57. The highest BCUT2D eigenvalue weighted by Crippen LogP contribution is 2.01. The van der Waals surface area contributed by atoms with E-state index in [4.69, 9.17) is 29.8 Å². The van der Waals surface area contributed by atoms with Gasteiger partial charge in [0.05, 0.1) is 52.9 Å². The summed E-state index contributed by atoms with van der Waals surface area (Å²) < 4.78 is 26.8. The van der Waals surface area contributed by atoms with Gasteiger partial charge in [-0.2, -0.15) is 0 Å². The van der Waals surface area contributed by atoms with Gasteiger partial charge in [0, 0.05) is 0 Å². The molecule has 0 fully saturated rings. The van der Waals surface area contributed by atoms with E-state index in [0.717, 1.165) is 0 Å². The van der Waals surface area contributed by atoms with Crippen LogP contribution in [0.1, 0.15) is 0 Å². The van der Waals surface area contributed by atoms with Crippen LogP contribution in [0, 0.1) is 12.3 Å². The molecule has 0 amide bonds. The Morgan fingerprint density at radius 2 is 1.10 bits per heavy atom. The van der Waals surface area contributed by atoms with Crippen LogP contribution in [-0.4, -0.2) is 67.8 Å². The Morgan fingerprint density at radius 3 is 1.50 bits per heavy atom. The molecule has 0 atom stereocenters. The van der Waals surface area contributed by atoms with E-state index in [9.17, 15) is 0 Å². The Kier molecular flexibility index (Phi) is 13.3. The van der Waals surface area contributed by atoms with E-state index < -0.39 is 8.32 Å². The predicted molar refractivity (Wildman–Crippen MR) is 81.4 cm³/mol. The van der Waals surface area contributed by atoms with Crippen molar-refractivity contribution in [3.05, 3.63) is 0 Å². The zero-order chi connectivity index (χ0) is 15.1. The molecule has 0 radical (unpaired) electrons. The SMILES string of the molecule is C#CCOCCOCCOCCOCCO[Si](C)(C)C. The highest BCUT2D eigenvalue weighted by molar-refractivity contribution is 6.69. The van der Waals surface area contributed by atoms with Gasteiger partial charge >= 0.3 is 0 Å². The second-order valence-electron chi connectivity index (χ2n) is 5.05. The van der Waals surface area contributed by atoms with E-state index in [1.165, 1.54) is 0 Å². The summed E-state index contributed by atoms with van der Waals surface area (Å²) in [6.45, 7) is 11.4. The number of rotatable bonds is 14. The van der Waals surface area contributed by atoms with Crippen molar-refractivity contribution in [3.63, 3.8) is 0 Å². The quantitative estimate of drug-likeness (QED) is 0.277. The molecule has 20 heavy (non-hydrogen) atoms. The van der Waals surface area contributed by atoms with E-state index in [1.807, 2.05) is 0 Å². The normalized spacial score (nSPS) is 11.5. The molecular weight excluding hydrogens is 276 g/mol. The molecule has 0 aromatic rings. The van der Waals surface area contributed by atoms with Crippen LogP contribution in [0.25, 0.3) is 0 Å². The Balaban J connectivity index is 3.01. The summed E-state index contributed by atoms with van der Waals surface area (Å²) in [6, 6.07) is 0. The molecule has 0 aliphatic heterocycles. The monoisotopic (exact) mass is 304 g/mol. The fourth-order valence-electron chi connectivity index (χ4n) is 1.20. The summed E-state index contributed by atoms with van der Waals surface area (Å²) in [5, 5.41) is 0. The van der Waals surface area contributed by atoms with E-state index in [1.54, 1.807) is 0 Å². The summed E-state index contributed by atoms with van der Waals surface area (Å²) >= 11 is 0. The molecule has 0 aliphatic carbocycles. The minimum Gasteiger partial charge on any atom is -0.415 e. The van der Waals surface area contributed by atoms with Gasteiger partial charge < -0.3 is 23.4 Å². The Labute approximate surface area is 124 Å². The van der Waals surface area contributed by atoms with Gasteiger partial charge in [-0.1, -0.05) is 5.92 Å². The maximum Gasteiger partial charge on any atom is 0.183 e. The third-order valence-corrected chi connectivity index (χ3v) is 3.13. The zero-order valence-corrected chi connectivity index (χ0v) is 14.0. The van der Waals surface area contributed by atoms with Crippen LogP contribution in [0.15, 0.2) is 0 Å². The topological polar surface area (TPSA) is 46.2 Å². The average molecular weight is 304 g/mol. The molecule has 0 N–H and O–H groups in total. The predicted octanol–water partition coefficient (Wildman–Crippen LogP) is 1.54. The molecule has 0 bridgehead atoms. The Hall–Kier alpha value is -0.423. The molecule has 0 saturated carbocycles. The van der Waals surface area contributed by atoms with E-state index >= 15 is 0 Å². The molecule has 0 aromatic heterocycles. The first kappa shape index (κ1) is 19.6. The molecule has 0 aliphatic rings. The summed E-state index contributed by atoms with van der Waals surface area (Å²) in [6.07, 6.45) is 5.04. The van der Waals surface area contributed by atoms with Crippen LogP contribution in [0.3, 0.4) is 0 Å². The molecular formula is C14H28O5Si. The minimum atomic E-state index is -1.41. The van der Waals surface area contributed by atoms with Crippen LogP contribution in [0.2, 0.25) is 19.6 Å². The second kappa shape index (κ2) is 13.6. The van der Waals surface area contributed by atoms with Crippen molar-refractivity contribution in [2.24, 2.45) is 0 Å². The zero-order valence-electron chi connectivity index (χ0n) is 13.0. The van der Waals surface area contributed by atoms with Crippen molar-refractivity contribution < 1.29 is 23.4 Å². The van der Waals surface area contributed by atoms with Gasteiger partial charge in [0.1, 0.15) is 6.61 Å². The average Bonchev–Trinajstić information content (AvgIpc) is 2.38. The van der Waals surface area contributed by atoms with Crippen LogP contribution in [0.5, 0.6) is 0 Å². The van der Waals surface area contributed by atoms with E-state index in [0.29, 0.717) is 59.5 Å². The molecule has 0 heterocycles. The first-order valence-electron chi connectivity index (χ1n) is 6.94. The van der Waals surface area contributed by atoms with Crippen LogP contribution >= 0.6 is 0 Å². The minimum absolute atomic E-state index is 0.332. The summed E-state index contributed by atoms with van der Waals surface area (Å²) in [7, 11) is -1.41. The van der Waals surface area contributed by atoms with Gasteiger partial charge in [0.25, 0.3) is 0 Å². The van der Waals surface area contributed by atoms with Crippen molar-refractivity contribution in [2.75, 3.05) is 59.5 Å². The first-order valence-corrected chi connectivity index (χ1v) is 10.4. The third kappa shape index (κ3) is 17.6. The summed E-state index contributed by atoms with van der Waals surface area (Å²) in [4.78, 5) is 0. The van der Waals surface area contributed by atoms with Gasteiger partial charge in [-0.05, 0) is 19.6 Å². The lowest BCUT2D eigenvalue weighted by atomic mass is 10.7. The lowest BCUT2D eigenvalue weighted by Gasteiger charge is -2.16. The number of hydrogen-bond donors (Lipinski definition) is 0. The molecule has 0 saturated heterocycles. The number of terminal acetylenes is 1. The van der Waals surface area contributed by atoms with Crippen molar-refractivity contribution in [1.82, 2.24) is 0 Å². The maximum absolute atomic E-state index is 5.66. The Morgan fingerprint density at radius 1 is 0.700 bits per heavy atom. The van der Waals surface area contributed by atoms with Crippen molar-refractivity contribution in [2.45, 2.75) is 19.6 Å². The number of ether oxygens (including phenoxy) is 4. The largest absolute Gasteiger partial charge is 0.415 e. The smallest absolute Gasteiger partial charge is 0.183 e. The molecule has 0 spiro atoms. The first-order chi connectivity index (χ1) is 9.56. The highest BCUT2D eigenvalue weighted by atomic mass is 28.4. The number of hydrogen-bond acceptors (Lipinski definition) is 5. The maximum atomic E-state index is 5.66. The Bertz CT molecular complexity index is 247. The molecule has 0 unspecified atom stereocenters. The molecule has 5 nitrogen and oxygen atoms in total. The van der Waals surface area contributed by atoms with Crippen LogP contribution < -0.4 is 0 Å². The van der Waals surface area contributed by atoms with Gasteiger partial charge in [-0.25, -0.2) is 0 Å². The van der Waals surface area contributed by atoms with Crippen LogP contribution in [0.4, 0.5) is 0 Å². The third-order valence-electron chi connectivity index (χ3n) is 2.06. The molecule has 118 valence electrons. The fraction of sp³-hybridized carbons (Fsp3) is 0.857. The lowest BCUT2D eigenvalue weighted by Crippen LogP contribution is -2.27. The summed E-state index contributed by atoms with van der Waals surface area (Å²) in [5.74, 6) is 2.39. The molecule has 6 heteroatoms. The van der Waals surface area contributed by atoms with Crippen molar-refractivity contribution >= 4 is 8.32 Å². The molecule has 0 rings (SSSR count). The van der Waals surface area contributed by atoms with Gasteiger partial charge in [0.15, 0.2) is 8.32 Å². The van der Waals surface area contributed by atoms with Gasteiger partial charge in [0.2, 0.25) is 0 Å². The van der Waals surface area contributed by atoms with E-state index in [2.05, 4.69) is 25.6 Å². The summed E-state index contributed by atoms with van der Waals surface area (Å²) in [5.41, 5.74) is 0. The fourth-order valence-corrected chi connectivity index (χ4v) is 1.89. The van der Waals surface area contributed by atoms with Crippen LogP contribution in [-0.2, 0) is 23.4 Å². The molecule has 0 aromatic carbocycles. The van der Waals surface area contributed by atoms with Crippen molar-refractivity contribution in [3.8, 4) is 12.3 Å². The standard InChI is InChI=1S/C14H28O5Si/c1-5-6-15-7-8-16-9-10-17-11-12-18-13-14-19-20(2,3)4/h1H,6-14H2,2-4H3. The lowest BCUT2D eigenvalue weighted by molar-refractivity contribution is -0.00215. The van der Waals surface area contributed by atoms with Gasteiger partial charge in [-0.15, -0.1) is 6.42 Å². The highest BCUT2D eigenvalue weighted by Gasteiger charge is 2.12. The van der Waals surface area contributed by atoms with E-state index in [-0.39, 0.29) is 0 Å². The van der Waals surface area contributed by atoms with Gasteiger partial charge in [-0.3, -0.25) is 0 Å². The van der Waals surface area contributed by atoms with Crippen molar-refractivity contribution in [1.29, 1.82) is 0 Å².